The van der Waals surface area contributed by atoms with Crippen molar-refractivity contribution in [3.63, 3.8) is 0 Å². The molecule has 7 heteroatoms. The number of aryl methyl sites for hydroxylation is 1. The third kappa shape index (κ3) is 3.35. The SMILES string of the molecule is Cc1ccccc1S(=O)(=O)Nc1ccc(N2CCCNC2=O)cc1. The Labute approximate surface area is 141 Å². The molecule has 0 atom stereocenters. The fraction of sp³-hybridized carbons (Fsp3) is 0.235. The van der Waals surface area contributed by atoms with E-state index >= 15 is 0 Å². The standard InChI is InChI=1S/C17H19N3O3S/c1-13-5-2-3-6-16(13)24(22,23)19-14-7-9-15(10-8-14)20-12-4-11-18-17(20)21/h2-3,5-10,19H,4,11-12H2,1H3,(H,18,21). The number of benzene rings is 2. The monoisotopic (exact) mass is 345 g/mol. The Morgan fingerprint density at radius 2 is 1.79 bits per heavy atom. The number of rotatable bonds is 4. The highest BCUT2D eigenvalue weighted by Crippen LogP contribution is 2.23. The molecule has 0 bridgehead atoms. The van der Waals surface area contributed by atoms with E-state index in [0.29, 0.717) is 24.3 Å². The van der Waals surface area contributed by atoms with Crippen LogP contribution >= 0.6 is 0 Å². The molecule has 1 heterocycles. The van der Waals surface area contributed by atoms with Crippen LogP contribution in [0.5, 0.6) is 0 Å². The van der Waals surface area contributed by atoms with Gasteiger partial charge in [-0.05, 0) is 49.2 Å². The quantitative estimate of drug-likeness (QED) is 0.894. The second kappa shape index (κ2) is 6.52. The lowest BCUT2D eigenvalue weighted by Gasteiger charge is -2.27. The maximum atomic E-state index is 12.5. The summed E-state index contributed by atoms with van der Waals surface area (Å²) < 4.78 is 27.5. The van der Waals surface area contributed by atoms with Crippen LogP contribution in [-0.4, -0.2) is 27.5 Å². The van der Waals surface area contributed by atoms with Crippen LogP contribution in [0.4, 0.5) is 16.2 Å². The zero-order chi connectivity index (χ0) is 17.2. The minimum absolute atomic E-state index is 0.130. The van der Waals surface area contributed by atoms with Crippen molar-refractivity contribution < 1.29 is 13.2 Å². The van der Waals surface area contributed by atoms with E-state index in [1.165, 1.54) is 0 Å². The molecule has 1 fully saturated rings. The van der Waals surface area contributed by atoms with Crippen LogP contribution in [0.15, 0.2) is 53.4 Å². The van der Waals surface area contributed by atoms with Crippen molar-refractivity contribution in [2.75, 3.05) is 22.7 Å². The third-order valence-electron chi connectivity index (χ3n) is 3.89. The highest BCUT2D eigenvalue weighted by atomic mass is 32.2. The first kappa shape index (κ1) is 16.3. The van der Waals surface area contributed by atoms with Crippen LogP contribution in [0.3, 0.4) is 0 Å². The molecular formula is C17H19N3O3S. The molecule has 1 saturated heterocycles. The van der Waals surface area contributed by atoms with Crippen molar-refractivity contribution in [2.24, 2.45) is 0 Å². The van der Waals surface area contributed by atoms with Crippen molar-refractivity contribution in [3.8, 4) is 0 Å². The smallest absolute Gasteiger partial charge is 0.321 e. The molecule has 0 unspecified atom stereocenters. The lowest BCUT2D eigenvalue weighted by atomic mass is 10.2. The van der Waals surface area contributed by atoms with Crippen molar-refractivity contribution in [1.29, 1.82) is 0 Å². The molecule has 0 spiro atoms. The van der Waals surface area contributed by atoms with E-state index in [1.807, 2.05) is 0 Å². The van der Waals surface area contributed by atoms with E-state index in [0.717, 1.165) is 12.1 Å². The zero-order valence-electron chi connectivity index (χ0n) is 13.3. The molecule has 24 heavy (non-hydrogen) atoms. The van der Waals surface area contributed by atoms with E-state index in [1.54, 1.807) is 60.4 Å². The average molecular weight is 345 g/mol. The first-order valence-corrected chi connectivity index (χ1v) is 9.19. The molecule has 2 aromatic carbocycles. The van der Waals surface area contributed by atoms with Gasteiger partial charge in [0.2, 0.25) is 0 Å². The van der Waals surface area contributed by atoms with Gasteiger partial charge in [-0.25, -0.2) is 13.2 Å². The van der Waals surface area contributed by atoms with Gasteiger partial charge in [0.05, 0.1) is 4.90 Å². The van der Waals surface area contributed by atoms with Crippen LogP contribution in [0.1, 0.15) is 12.0 Å². The summed E-state index contributed by atoms with van der Waals surface area (Å²) in [7, 11) is -3.64. The summed E-state index contributed by atoms with van der Waals surface area (Å²) in [4.78, 5) is 13.7. The highest BCUT2D eigenvalue weighted by molar-refractivity contribution is 7.92. The third-order valence-corrected chi connectivity index (χ3v) is 5.44. The second-order valence-electron chi connectivity index (χ2n) is 5.65. The number of urea groups is 1. The number of anilines is 2. The van der Waals surface area contributed by atoms with E-state index in [-0.39, 0.29) is 10.9 Å². The number of amides is 2. The number of nitrogens with one attached hydrogen (secondary N) is 2. The zero-order valence-corrected chi connectivity index (χ0v) is 14.1. The predicted octanol–water partition coefficient (Wildman–Crippen LogP) is 2.72. The number of carbonyl (C=O) groups excluding carboxylic acids is 1. The molecule has 0 radical (unpaired) electrons. The molecule has 0 saturated carbocycles. The van der Waals surface area contributed by atoms with Gasteiger partial charge in [-0.1, -0.05) is 18.2 Å². The Morgan fingerprint density at radius 1 is 1.08 bits per heavy atom. The lowest BCUT2D eigenvalue weighted by Crippen LogP contribution is -2.46. The Balaban J connectivity index is 1.79. The average Bonchev–Trinajstić information content (AvgIpc) is 2.56. The van der Waals surface area contributed by atoms with E-state index < -0.39 is 10.0 Å². The van der Waals surface area contributed by atoms with Gasteiger partial charge < -0.3 is 5.32 Å². The summed E-state index contributed by atoms with van der Waals surface area (Å²) in [5, 5.41) is 2.79. The van der Waals surface area contributed by atoms with Crippen LogP contribution in [0, 0.1) is 6.92 Å². The van der Waals surface area contributed by atoms with E-state index in [2.05, 4.69) is 10.0 Å². The van der Waals surface area contributed by atoms with Crippen LogP contribution in [0.2, 0.25) is 0 Å². The molecule has 3 rings (SSSR count). The Hall–Kier alpha value is -2.54. The maximum absolute atomic E-state index is 12.5. The van der Waals surface area contributed by atoms with Gasteiger partial charge in [0.15, 0.2) is 0 Å². The van der Waals surface area contributed by atoms with Crippen molar-refractivity contribution in [3.05, 3.63) is 54.1 Å². The van der Waals surface area contributed by atoms with Gasteiger partial charge in [0.25, 0.3) is 10.0 Å². The molecule has 2 aromatic rings. The molecule has 1 aliphatic heterocycles. The Morgan fingerprint density at radius 3 is 2.46 bits per heavy atom. The summed E-state index contributed by atoms with van der Waals surface area (Å²) in [6, 6.07) is 13.5. The first-order valence-electron chi connectivity index (χ1n) is 7.71. The number of hydrogen-bond acceptors (Lipinski definition) is 3. The summed E-state index contributed by atoms with van der Waals surface area (Å²) in [5.74, 6) is 0. The molecular weight excluding hydrogens is 326 g/mol. The molecule has 126 valence electrons. The summed E-state index contributed by atoms with van der Waals surface area (Å²) in [6.07, 6.45) is 0.882. The fourth-order valence-corrected chi connectivity index (χ4v) is 3.96. The van der Waals surface area contributed by atoms with Gasteiger partial charge in [-0.2, -0.15) is 0 Å². The highest BCUT2D eigenvalue weighted by Gasteiger charge is 2.20. The number of nitrogens with zero attached hydrogens (tertiary/aromatic N) is 1. The number of carbonyl (C=O) groups is 1. The minimum atomic E-state index is -3.64. The Kier molecular flexibility index (Phi) is 4.44. The minimum Gasteiger partial charge on any atom is -0.338 e. The second-order valence-corrected chi connectivity index (χ2v) is 7.31. The fourth-order valence-electron chi connectivity index (χ4n) is 2.65. The van der Waals surface area contributed by atoms with Crippen LogP contribution in [0.25, 0.3) is 0 Å². The maximum Gasteiger partial charge on any atom is 0.321 e. The van der Waals surface area contributed by atoms with E-state index in [4.69, 9.17) is 0 Å². The predicted molar refractivity (Wildman–Crippen MR) is 93.8 cm³/mol. The molecule has 0 aliphatic carbocycles. The molecule has 6 nitrogen and oxygen atoms in total. The first-order chi connectivity index (χ1) is 11.5. The van der Waals surface area contributed by atoms with Crippen molar-refractivity contribution >= 4 is 27.4 Å². The molecule has 2 amide bonds. The number of sulfonamides is 1. The summed E-state index contributed by atoms with van der Waals surface area (Å²) in [5.41, 5.74) is 1.89. The molecule has 0 aromatic heterocycles. The van der Waals surface area contributed by atoms with Crippen LogP contribution in [-0.2, 0) is 10.0 Å². The topological polar surface area (TPSA) is 78.5 Å². The largest absolute Gasteiger partial charge is 0.338 e. The molecule has 1 aliphatic rings. The van der Waals surface area contributed by atoms with Crippen LogP contribution < -0.4 is 14.9 Å². The van der Waals surface area contributed by atoms with Gasteiger partial charge in [0.1, 0.15) is 0 Å². The number of hydrogen-bond donors (Lipinski definition) is 2. The van der Waals surface area contributed by atoms with Gasteiger partial charge >= 0.3 is 6.03 Å². The van der Waals surface area contributed by atoms with Gasteiger partial charge in [0, 0.05) is 24.5 Å². The van der Waals surface area contributed by atoms with Crippen molar-refractivity contribution in [2.45, 2.75) is 18.2 Å². The van der Waals surface area contributed by atoms with E-state index in [9.17, 15) is 13.2 Å². The Bertz CT molecular complexity index is 848. The summed E-state index contributed by atoms with van der Waals surface area (Å²) in [6.45, 7) is 3.09. The molecule has 2 N–H and O–H groups in total. The normalized spacial score (nSPS) is 15.0. The van der Waals surface area contributed by atoms with Crippen molar-refractivity contribution in [1.82, 2.24) is 5.32 Å². The van der Waals surface area contributed by atoms with Gasteiger partial charge in [-0.15, -0.1) is 0 Å². The lowest BCUT2D eigenvalue weighted by molar-refractivity contribution is 0.243. The van der Waals surface area contributed by atoms with Gasteiger partial charge in [-0.3, -0.25) is 9.62 Å². The summed E-state index contributed by atoms with van der Waals surface area (Å²) >= 11 is 0.